The molecule has 0 bridgehead atoms. The van der Waals surface area contributed by atoms with Crippen LogP contribution in [0.15, 0.2) is 52.3 Å². The van der Waals surface area contributed by atoms with E-state index in [1.54, 1.807) is 22.9 Å². The maximum atomic E-state index is 12.4. The number of benzene rings is 1. The molecule has 0 aliphatic carbocycles. The summed E-state index contributed by atoms with van der Waals surface area (Å²) in [7, 11) is 0. The van der Waals surface area contributed by atoms with Gasteiger partial charge in [-0.2, -0.15) is 0 Å². The Bertz CT molecular complexity index is 1000. The van der Waals surface area contributed by atoms with Crippen LogP contribution in [0.2, 0.25) is 0 Å². The minimum absolute atomic E-state index is 0.119. The van der Waals surface area contributed by atoms with Crippen LogP contribution in [0.25, 0.3) is 22.1 Å². The molecule has 0 radical (unpaired) electrons. The number of pyridine rings is 1. The van der Waals surface area contributed by atoms with Crippen LogP contribution < -0.4 is 5.56 Å². The van der Waals surface area contributed by atoms with Crippen LogP contribution >= 0.6 is 0 Å². The van der Waals surface area contributed by atoms with E-state index in [0.717, 1.165) is 5.56 Å². The number of hydrogen-bond donors (Lipinski definition) is 0. The van der Waals surface area contributed by atoms with Gasteiger partial charge in [0.15, 0.2) is 5.65 Å². The van der Waals surface area contributed by atoms with E-state index in [0.29, 0.717) is 28.6 Å². The third-order valence-electron chi connectivity index (χ3n) is 3.27. The Morgan fingerprint density at radius 2 is 2.00 bits per heavy atom. The molecule has 0 spiro atoms. The minimum atomic E-state index is -0.119. The van der Waals surface area contributed by atoms with E-state index in [1.807, 2.05) is 18.2 Å². The Hall–Kier alpha value is -3.09. The molecule has 7 heteroatoms. The molecule has 3 heterocycles. The molecule has 0 unspecified atom stereocenters. The predicted octanol–water partition coefficient (Wildman–Crippen LogP) is 1.38. The first-order chi connectivity index (χ1) is 10.3. The van der Waals surface area contributed by atoms with Crippen molar-refractivity contribution in [3.8, 4) is 0 Å². The van der Waals surface area contributed by atoms with E-state index in [9.17, 15) is 4.79 Å². The number of fused-ring (bicyclic) bond motifs is 2. The standard InChI is InChI=1S/C14H9N5O2/c20-14-10-2-1-5-15-13(10)16-8-19(14)7-9-3-4-11-12(6-9)18-21-17-11/h1-6,8H,7H2. The highest BCUT2D eigenvalue weighted by atomic mass is 16.6. The molecule has 0 aliphatic heterocycles. The van der Waals surface area contributed by atoms with Crippen LogP contribution in [0.4, 0.5) is 0 Å². The average molecular weight is 279 g/mol. The molecule has 4 aromatic rings. The van der Waals surface area contributed by atoms with Gasteiger partial charge in [-0.15, -0.1) is 0 Å². The van der Waals surface area contributed by atoms with E-state index in [2.05, 4.69) is 24.9 Å². The summed E-state index contributed by atoms with van der Waals surface area (Å²) in [6, 6.07) is 8.97. The van der Waals surface area contributed by atoms with Crippen LogP contribution in [-0.2, 0) is 6.54 Å². The van der Waals surface area contributed by atoms with Crippen molar-refractivity contribution < 1.29 is 4.63 Å². The average Bonchev–Trinajstić information content (AvgIpc) is 2.98. The lowest BCUT2D eigenvalue weighted by molar-refractivity contribution is 0.315. The van der Waals surface area contributed by atoms with E-state index in [-0.39, 0.29) is 5.56 Å². The second-order valence-corrected chi connectivity index (χ2v) is 4.64. The first-order valence-corrected chi connectivity index (χ1v) is 6.33. The van der Waals surface area contributed by atoms with Crippen molar-refractivity contribution >= 4 is 22.1 Å². The maximum absolute atomic E-state index is 12.4. The number of nitrogens with zero attached hydrogens (tertiary/aromatic N) is 5. The lowest BCUT2D eigenvalue weighted by atomic mass is 10.2. The zero-order valence-electron chi connectivity index (χ0n) is 10.8. The summed E-state index contributed by atoms with van der Waals surface area (Å²) in [5.74, 6) is 0. The van der Waals surface area contributed by atoms with Gasteiger partial charge < -0.3 is 0 Å². The summed E-state index contributed by atoms with van der Waals surface area (Å²) in [5.41, 5.74) is 2.61. The van der Waals surface area contributed by atoms with Gasteiger partial charge in [0.05, 0.1) is 11.9 Å². The largest absolute Gasteiger partial charge is 0.294 e. The molecule has 0 amide bonds. The molecule has 7 nitrogen and oxygen atoms in total. The Morgan fingerprint density at radius 3 is 2.95 bits per heavy atom. The number of hydrogen-bond acceptors (Lipinski definition) is 6. The van der Waals surface area contributed by atoms with Crippen LogP contribution in [0.1, 0.15) is 5.56 Å². The summed E-state index contributed by atoms with van der Waals surface area (Å²) >= 11 is 0. The Kier molecular flexibility index (Phi) is 2.50. The predicted molar refractivity (Wildman–Crippen MR) is 74.7 cm³/mol. The minimum Gasteiger partial charge on any atom is -0.294 e. The fourth-order valence-corrected chi connectivity index (χ4v) is 2.23. The van der Waals surface area contributed by atoms with Gasteiger partial charge in [-0.05, 0) is 40.1 Å². The second kappa shape index (κ2) is 4.48. The van der Waals surface area contributed by atoms with Gasteiger partial charge in [-0.3, -0.25) is 9.36 Å². The van der Waals surface area contributed by atoms with Gasteiger partial charge in [-0.25, -0.2) is 14.6 Å². The lowest BCUT2D eigenvalue weighted by Gasteiger charge is -2.06. The molecule has 3 aromatic heterocycles. The van der Waals surface area contributed by atoms with Gasteiger partial charge in [0.1, 0.15) is 17.4 Å². The van der Waals surface area contributed by atoms with Crippen molar-refractivity contribution in [1.82, 2.24) is 24.8 Å². The summed E-state index contributed by atoms with van der Waals surface area (Å²) in [5, 5.41) is 8.05. The highest BCUT2D eigenvalue weighted by Crippen LogP contribution is 2.12. The first-order valence-electron chi connectivity index (χ1n) is 6.33. The van der Waals surface area contributed by atoms with Gasteiger partial charge in [0.25, 0.3) is 5.56 Å². The van der Waals surface area contributed by atoms with Crippen molar-refractivity contribution in [3.63, 3.8) is 0 Å². The molecule has 21 heavy (non-hydrogen) atoms. The fourth-order valence-electron chi connectivity index (χ4n) is 2.23. The Morgan fingerprint density at radius 1 is 1.10 bits per heavy atom. The monoisotopic (exact) mass is 279 g/mol. The normalized spacial score (nSPS) is 11.2. The summed E-state index contributed by atoms with van der Waals surface area (Å²) in [6.45, 7) is 0.402. The van der Waals surface area contributed by atoms with Crippen molar-refractivity contribution in [1.29, 1.82) is 0 Å². The van der Waals surface area contributed by atoms with E-state index < -0.39 is 0 Å². The topological polar surface area (TPSA) is 86.7 Å². The van der Waals surface area contributed by atoms with Gasteiger partial charge in [-0.1, -0.05) is 6.07 Å². The molecule has 0 N–H and O–H groups in total. The second-order valence-electron chi connectivity index (χ2n) is 4.64. The Labute approximate surface area is 117 Å². The van der Waals surface area contributed by atoms with E-state index >= 15 is 0 Å². The third kappa shape index (κ3) is 1.95. The molecular formula is C14H9N5O2. The van der Waals surface area contributed by atoms with Gasteiger partial charge in [0, 0.05) is 6.20 Å². The van der Waals surface area contributed by atoms with Gasteiger partial charge in [0.2, 0.25) is 0 Å². The smallest absolute Gasteiger partial charge is 0.263 e. The SMILES string of the molecule is O=c1c2cccnc2ncn1Cc1ccc2nonc2c1. The molecule has 0 atom stereocenters. The van der Waals surface area contributed by atoms with Crippen molar-refractivity contribution in [2.45, 2.75) is 6.54 Å². The zero-order valence-corrected chi connectivity index (χ0v) is 10.8. The van der Waals surface area contributed by atoms with Crippen molar-refractivity contribution in [2.24, 2.45) is 0 Å². The Balaban J connectivity index is 1.79. The molecule has 0 aliphatic rings. The van der Waals surface area contributed by atoms with E-state index in [1.165, 1.54) is 6.33 Å². The molecule has 1 aromatic carbocycles. The molecule has 0 saturated heterocycles. The van der Waals surface area contributed by atoms with Crippen LogP contribution in [0.5, 0.6) is 0 Å². The van der Waals surface area contributed by atoms with Gasteiger partial charge >= 0.3 is 0 Å². The quantitative estimate of drug-likeness (QED) is 0.551. The van der Waals surface area contributed by atoms with Crippen LogP contribution in [-0.4, -0.2) is 24.8 Å². The highest BCUT2D eigenvalue weighted by Gasteiger charge is 2.06. The molecule has 102 valence electrons. The van der Waals surface area contributed by atoms with Crippen LogP contribution in [0, 0.1) is 0 Å². The van der Waals surface area contributed by atoms with Crippen molar-refractivity contribution in [2.75, 3.05) is 0 Å². The molecule has 0 saturated carbocycles. The number of rotatable bonds is 2. The zero-order chi connectivity index (χ0) is 14.2. The third-order valence-corrected chi connectivity index (χ3v) is 3.27. The van der Waals surface area contributed by atoms with Crippen LogP contribution in [0.3, 0.4) is 0 Å². The maximum Gasteiger partial charge on any atom is 0.263 e. The fraction of sp³-hybridized carbons (Fsp3) is 0.0714. The lowest BCUT2D eigenvalue weighted by Crippen LogP contribution is -2.21. The summed E-state index contributed by atoms with van der Waals surface area (Å²) < 4.78 is 6.20. The number of aromatic nitrogens is 5. The summed E-state index contributed by atoms with van der Waals surface area (Å²) in [4.78, 5) is 20.6. The van der Waals surface area contributed by atoms with Crippen molar-refractivity contribution in [3.05, 3.63) is 58.8 Å². The molecular weight excluding hydrogens is 270 g/mol. The molecule has 0 fully saturated rings. The molecule has 4 rings (SSSR count). The first kappa shape index (κ1) is 11.7. The summed E-state index contributed by atoms with van der Waals surface area (Å²) in [6.07, 6.45) is 3.12. The van der Waals surface area contributed by atoms with E-state index in [4.69, 9.17) is 0 Å². The highest BCUT2D eigenvalue weighted by molar-refractivity contribution is 5.74.